The van der Waals surface area contributed by atoms with Gasteiger partial charge in [0.1, 0.15) is 11.2 Å². The maximum absolute atomic E-state index is 6.38. The van der Waals surface area contributed by atoms with Crippen molar-refractivity contribution in [1.29, 1.82) is 0 Å². The molecule has 0 atom stereocenters. The van der Waals surface area contributed by atoms with E-state index in [4.69, 9.17) is 4.42 Å². The summed E-state index contributed by atoms with van der Waals surface area (Å²) in [7, 11) is 0. The van der Waals surface area contributed by atoms with Crippen LogP contribution in [0.5, 0.6) is 0 Å². The van der Waals surface area contributed by atoms with Gasteiger partial charge < -0.3 is 9.32 Å². The molecular formula is C52H39NO. The van der Waals surface area contributed by atoms with Gasteiger partial charge in [-0.3, -0.25) is 0 Å². The highest BCUT2D eigenvalue weighted by Gasteiger charge is 2.21. The average molecular weight is 694 g/mol. The lowest BCUT2D eigenvalue weighted by molar-refractivity contribution is 0.669. The monoisotopic (exact) mass is 693 g/mol. The summed E-state index contributed by atoms with van der Waals surface area (Å²) in [6.07, 6.45) is 9.05. The predicted octanol–water partition coefficient (Wildman–Crippen LogP) is 14.6. The molecule has 0 radical (unpaired) electrons. The second-order valence-corrected chi connectivity index (χ2v) is 14.4. The van der Waals surface area contributed by atoms with E-state index < -0.39 is 0 Å². The van der Waals surface area contributed by atoms with Crippen LogP contribution in [-0.2, 0) is 6.42 Å². The Morgan fingerprint density at radius 1 is 0.556 bits per heavy atom. The molecule has 0 saturated carbocycles. The fourth-order valence-corrected chi connectivity index (χ4v) is 8.66. The van der Waals surface area contributed by atoms with Gasteiger partial charge in [0.25, 0.3) is 0 Å². The minimum absolute atomic E-state index is 0.883. The molecular weight excluding hydrogens is 655 g/mol. The lowest BCUT2D eigenvalue weighted by Gasteiger charge is -2.27. The van der Waals surface area contributed by atoms with Gasteiger partial charge in [-0.1, -0.05) is 140 Å². The summed E-state index contributed by atoms with van der Waals surface area (Å²) in [4.78, 5) is 2.38. The molecule has 258 valence electrons. The van der Waals surface area contributed by atoms with Crippen molar-refractivity contribution in [3.63, 3.8) is 0 Å². The molecule has 0 fully saturated rings. The van der Waals surface area contributed by atoms with Gasteiger partial charge in [-0.15, -0.1) is 0 Å². The van der Waals surface area contributed by atoms with E-state index in [1.165, 1.54) is 65.7 Å². The Morgan fingerprint density at radius 3 is 2.09 bits per heavy atom. The van der Waals surface area contributed by atoms with Crippen LogP contribution in [0.3, 0.4) is 0 Å². The molecule has 1 aliphatic carbocycles. The summed E-state index contributed by atoms with van der Waals surface area (Å²) in [6.45, 7) is 4.43. The minimum atomic E-state index is 0.883. The molecule has 0 bridgehead atoms. The van der Waals surface area contributed by atoms with Crippen LogP contribution >= 0.6 is 0 Å². The number of furan rings is 1. The zero-order chi connectivity index (χ0) is 36.2. The van der Waals surface area contributed by atoms with Gasteiger partial charge >= 0.3 is 0 Å². The van der Waals surface area contributed by atoms with Gasteiger partial charge in [0.15, 0.2) is 0 Å². The zero-order valence-electron chi connectivity index (χ0n) is 30.5. The number of aryl methyl sites for hydroxylation is 1. The first kappa shape index (κ1) is 32.0. The number of rotatable bonds is 6. The maximum atomic E-state index is 6.38. The van der Waals surface area contributed by atoms with E-state index >= 15 is 0 Å². The molecule has 54 heavy (non-hydrogen) atoms. The van der Waals surface area contributed by atoms with Crippen molar-refractivity contribution in [3.05, 3.63) is 204 Å². The molecule has 2 heteroatoms. The molecule has 1 aromatic heterocycles. The largest absolute Gasteiger partial charge is 0.456 e. The van der Waals surface area contributed by atoms with Crippen LogP contribution in [0.1, 0.15) is 42.5 Å². The Hall–Kier alpha value is -6.64. The number of allylic oxidation sites excluding steroid dienone is 5. The number of nitrogens with zero attached hydrogens (tertiary/aromatic N) is 1. The molecule has 2 nitrogen and oxygen atoms in total. The molecule has 9 aromatic rings. The highest BCUT2D eigenvalue weighted by atomic mass is 16.3. The lowest BCUT2D eigenvalue weighted by atomic mass is 9.84. The van der Waals surface area contributed by atoms with Crippen LogP contribution in [0.2, 0.25) is 0 Å². The van der Waals surface area contributed by atoms with Crippen molar-refractivity contribution in [2.45, 2.75) is 26.7 Å². The molecule has 10 rings (SSSR count). The summed E-state index contributed by atoms with van der Waals surface area (Å²) < 4.78 is 6.38. The first-order valence-corrected chi connectivity index (χ1v) is 18.9. The summed E-state index contributed by atoms with van der Waals surface area (Å²) >= 11 is 0. The van der Waals surface area contributed by atoms with Gasteiger partial charge in [-0.25, -0.2) is 0 Å². The average Bonchev–Trinajstić information content (AvgIpc) is 3.62. The van der Waals surface area contributed by atoms with Crippen LogP contribution in [0, 0.1) is 0 Å². The van der Waals surface area contributed by atoms with Gasteiger partial charge in [0.2, 0.25) is 0 Å². The van der Waals surface area contributed by atoms with E-state index in [2.05, 4.69) is 189 Å². The van der Waals surface area contributed by atoms with Crippen molar-refractivity contribution in [1.82, 2.24) is 0 Å². The zero-order valence-corrected chi connectivity index (χ0v) is 30.5. The van der Waals surface area contributed by atoms with Crippen molar-refractivity contribution >= 4 is 76.8 Å². The van der Waals surface area contributed by atoms with E-state index in [0.29, 0.717) is 0 Å². The molecule has 0 amide bonds. The molecule has 8 aromatic carbocycles. The van der Waals surface area contributed by atoms with Gasteiger partial charge in [0.05, 0.1) is 11.1 Å². The first-order valence-electron chi connectivity index (χ1n) is 18.9. The van der Waals surface area contributed by atoms with Crippen LogP contribution in [0.4, 0.5) is 11.4 Å². The number of para-hydroxylation sites is 1. The Bertz CT molecular complexity index is 3010. The summed E-state index contributed by atoms with van der Waals surface area (Å²) in [5.41, 5.74) is 12.9. The highest BCUT2D eigenvalue weighted by Crippen LogP contribution is 2.42. The molecule has 1 aliphatic rings. The van der Waals surface area contributed by atoms with E-state index in [9.17, 15) is 0 Å². The van der Waals surface area contributed by atoms with E-state index in [1.54, 1.807) is 0 Å². The fourth-order valence-electron chi connectivity index (χ4n) is 8.66. The van der Waals surface area contributed by atoms with Crippen LogP contribution in [0.25, 0.3) is 65.4 Å². The predicted molar refractivity (Wildman–Crippen MR) is 231 cm³/mol. The number of benzene rings is 8. The molecule has 0 spiro atoms. The van der Waals surface area contributed by atoms with Crippen molar-refractivity contribution in [2.75, 3.05) is 4.90 Å². The summed E-state index contributed by atoms with van der Waals surface area (Å²) in [5.74, 6) is 0. The normalized spacial score (nSPS) is 13.6. The number of anilines is 2. The summed E-state index contributed by atoms with van der Waals surface area (Å²) in [5, 5.41) is 10.0. The van der Waals surface area contributed by atoms with E-state index in [1.807, 2.05) is 6.07 Å². The second kappa shape index (κ2) is 13.1. The Balaban J connectivity index is 1.09. The Morgan fingerprint density at radius 2 is 1.24 bits per heavy atom. The molecule has 0 N–H and O–H groups in total. The first-order chi connectivity index (χ1) is 26.6. The standard InChI is InChI=1S/C52H39NO/c1-34(40-17-9-19-44-41-14-5-3-12-36(41)28-32-46(40)44)24-25-35(2)53(49-21-11-23-51-52(49)48-16-7-8-22-50(48)54-51)39-30-26-38(27-31-39)43-18-10-20-45-42-15-6-4-13-37(42)29-33-47(43)45/h3-9,11-19,21-33H,10,20H2,1-2H3/b34-24+,35-25+. The van der Waals surface area contributed by atoms with E-state index in [-0.39, 0.29) is 0 Å². The van der Waals surface area contributed by atoms with Gasteiger partial charge in [-0.05, 0) is 129 Å². The quantitative estimate of drug-likeness (QED) is 0.127. The number of fused-ring (bicyclic) bond motifs is 9. The van der Waals surface area contributed by atoms with E-state index in [0.717, 1.165) is 51.9 Å². The summed E-state index contributed by atoms with van der Waals surface area (Å²) in [6, 6.07) is 57.0. The highest BCUT2D eigenvalue weighted by molar-refractivity contribution is 6.13. The molecule has 0 saturated heterocycles. The maximum Gasteiger partial charge on any atom is 0.137 e. The topological polar surface area (TPSA) is 16.4 Å². The Labute approximate surface area is 315 Å². The number of hydrogen-bond donors (Lipinski definition) is 0. The third kappa shape index (κ3) is 5.33. The van der Waals surface area contributed by atoms with Crippen molar-refractivity contribution in [3.8, 4) is 0 Å². The third-order valence-electron chi connectivity index (χ3n) is 11.3. The SMILES string of the molecule is C/C(=C\C=C(/C)N(c1ccc(C2=CCCc3c2ccc2ccccc32)cc1)c1cccc2oc3ccccc3c12)c1cccc2c1ccc1ccccc12. The lowest BCUT2D eigenvalue weighted by Crippen LogP contribution is -2.14. The minimum Gasteiger partial charge on any atom is -0.456 e. The van der Waals surface area contributed by atoms with Crippen LogP contribution in [0.15, 0.2) is 186 Å². The van der Waals surface area contributed by atoms with Crippen molar-refractivity contribution < 1.29 is 4.42 Å². The van der Waals surface area contributed by atoms with Crippen molar-refractivity contribution in [2.24, 2.45) is 0 Å². The molecule has 1 heterocycles. The van der Waals surface area contributed by atoms with Gasteiger partial charge in [0, 0.05) is 16.8 Å². The molecule has 0 aliphatic heterocycles. The third-order valence-corrected chi connectivity index (χ3v) is 11.3. The smallest absolute Gasteiger partial charge is 0.137 e. The second-order valence-electron chi connectivity index (χ2n) is 14.4. The van der Waals surface area contributed by atoms with Gasteiger partial charge in [-0.2, -0.15) is 0 Å². The Kier molecular flexibility index (Phi) is 7.77. The van der Waals surface area contributed by atoms with Crippen LogP contribution in [-0.4, -0.2) is 0 Å². The molecule has 0 unspecified atom stereocenters. The number of hydrogen-bond acceptors (Lipinski definition) is 2. The van der Waals surface area contributed by atoms with Crippen LogP contribution < -0.4 is 4.90 Å². The fraction of sp³-hybridized carbons (Fsp3) is 0.0769.